The van der Waals surface area contributed by atoms with Gasteiger partial charge in [-0.2, -0.15) is 0 Å². The number of thioether (sulfide) groups is 1. The molecular formula is C15H23NOS. The molecule has 2 nitrogen and oxygen atoms in total. The quantitative estimate of drug-likeness (QED) is 0.900. The maximum Gasteiger partial charge on any atom is 0.0582 e. The zero-order valence-electron chi connectivity index (χ0n) is 11.3. The van der Waals surface area contributed by atoms with Crippen molar-refractivity contribution in [3.63, 3.8) is 0 Å². The molecule has 1 fully saturated rings. The van der Waals surface area contributed by atoms with Gasteiger partial charge in [0.25, 0.3) is 0 Å². The normalized spacial score (nSPS) is 25.9. The highest BCUT2D eigenvalue weighted by Crippen LogP contribution is 2.34. The van der Waals surface area contributed by atoms with Crippen molar-refractivity contribution < 1.29 is 4.74 Å². The Kier molecular flexibility index (Phi) is 5.10. The van der Waals surface area contributed by atoms with Crippen molar-refractivity contribution in [2.24, 2.45) is 5.73 Å². The van der Waals surface area contributed by atoms with Crippen molar-refractivity contribution in [2.75, 3.05) is 7.11 Å². The molecule has 3 atom stereocenters. The minimum atomic E-state index is 0.122. The van der Waals surface area contributed by atoms with Gasteiger partial charge in [0.15, 0.2) is 0 Å². The second-order valence-electron chi connectivity index (χ2n) is 5.12. The van der Waals surface area contributed by atoms with Gasteiger partial charge < -0.3 is 10.5 Å². The van der Waals surface area contributed by atoms with Gasteiger partial charge in [-0.25, -0.2) is 0 Å². The summed E-state index contributed by atoms with van der Waals surface area (Å²) >= 11 is 1.98. The van der Waals surface area contributed by atoms with Crippen molar-refractivity contribution in [3.8, 4) is 0 Å². The molecule has 3 unspecified atom stereocenters. The molecule has 0 amide bonds. The highest BCUT2D eigenvalue weighted by atomic mass is 32.2. The van der Waals surface area contributed by atoms with Gasteiger partial charge in [-0.15, -0.1) is 11.8 Å². The number of nitrogens with two attached hydrogens (primary N) is 1. The smallest absolute Gasteiger partial charge is 0.0582 e. The summed E-state index contributed by atoms with van der Waals surface area (Å²) in [7, 11) is 1.83. The number of hydrogen-bond acceptors (Lipinski definition) is 3. The van der Waals surface area contributed by atoms with Gasteiger partial charge in [0.1, 0.15) is 0 Å². The Hall–Kier alpha value is -0.510. The van der Waals surface area contributed by atoms with Crippen LogP contribution in [0.3, 0.4) is 0 Å². The van der Waals surface area contributed by atoms with Crippen LogP contribution in [-0.2, 0) is 4.74 Å². The van der Waals surface area contributed by atoms with E-state index < -0.39 is 0 Å². The number of ether oxygens (including phenoxy) is 1. The number of rotatable bonds is 4. The minimum absolute atomic E-state index is 0.122. The van der Waals surface area contributed by atoms with Crippen molar-refractivity contribution in [3.05, 3.63) is 29.8 Å². The first-order chi connectivity index (χ1) is 8.69. The maximum absolute atomic E-state index is 5.86. The van der Waals surface area contributed by atoms with Crippen LogP contribution in [-0.4, -0.2) is 18.5 Å². The summed E-state index contributed by atoms with van der Waals surface area (Å²) < 4.78 is 5.48. The Labute approximate surface area is 114 Å². The van der Waals surface area contributed by atoms with E-state index >= 15 is 0 Å². The summed E-state index contributed by atoms with van der Waals surface area (Å²) in [6.07, 6.45) is 5.45. The van der Waals surface area contributed by atoms with Crippen molar-refractivity contribution >= 4 is 11.8 Å². The highest BCUT2D eigenvalue weighted by molar-refractivity contribution is 8.00. The Balaban J connectivity index is 1.92. The third kappa shape index (κ3) is 3.74. The lowest BCUT2D eigenvalue weighted by atomic mass is 9.97. The molecule has 0 bridgehead atoms. The minimum Gasteiger partial charge on any atom is -0.381 e. The van der Waals surface area contributed by atoms with Crippen LogP contribution in [0.1, 0.15) is 44.2 Å². The first kappa shape index (κ1) is 13.9. The molecule has 0 aliphatic heterocycles. The lowest BCUT2D eigenvalue weighted by Crippen LogP contribution is -2.23. The fourth-order valence-corrected chi connectivity index (χ4v) is 3.74. The summed E-state index contributed by atoms with van der Waals surface area (Å²) in [6, 6.07) is 8.80. The van der Waals surface area contributed by atoms with E-state index in [2.05, 4.69) is 24.3 Å². The van der Waals surface area contributed by atoms with E-state index in [9.17, 15) is 0 Å². The summed E-state index contributed by atoms with van der Waals surface area (Å²) in [4.78, 5) is 1.35. The highest BCUT2D eigenvalue weighted by Gasteiger charge is 2.22. The van der Waals surface area contributed by atoms with E-state index in [1.807, 2.05) is 25.8 Å². The average Bonchev–Trinajstić information content (AvgIpc) is 2.39. The Morgan fingerprint density at radius 1 is 1.28 bits per heavy atom. The predicted octanol–water partition coefficient (Wildman–Crippen LogP) is 3.76. The average molecular weight is 265 g/mol. The third-order valence-electron chi connectivity index (χ3n) is 3.62. The zero-order valence-corrected chi connectivity index (χ0v) is 12.1. The molecule has 1 aliphatic rings. The first-order valence-electron chi connectivity index (χ1n) is 6.74. The Morgan fingerprint density at radius 3 is 2.61 bits per heavy atom. The molecule has 1 aliphatic carbocycles. The van der Waals surface area contributed by atoms with E-state index in [-0.39, 0.29) is 6.04 Å². The molecule has 0 aromatic heterocycles. The molecule has 3 heteroatoms. The summed E-state index contributed by atoms with van der Waals surface area (Å²) in [5.74, 6) is 0. The van der Waals surface area contributed by atoms with E-state index in [1.54, 1.807) is 0 Å². The summed E-state index contributed by atoms with van der Waals surface area (Å²) in [6.45, 7) is 2.02. The number of methoxy groups -OCH3 is 1. The van der Waals surface area contributed by atoms with Gasteiger partial charge in [-0.3, -0.25) is 0 Å². The summed E-state index contributed by atoms with van der Waals surface area (Å²) in [5, 5.41) is 0.699. The Morgan fingerprint density at radius 2 is 2.00 bits per heavy atom. The van der Waals surface area contributed by atoms with Crippen LogP contribution in [0, 0.1) is 0 Å². The molecule has 2 rings (SSSR count). The van der Waals surface area contributed by atoms with Crippen LogP contribution in [0.15, 0.2) is 29.2 Å². The van der Waals surface area contributed by atoms with Gasteiger partial charge in [0.05, 0.1) is 6.10 Å². The van der Waals surface area contributed by atoms with Crippen LogP contribution in [0.5, 0.6) is 0 Å². The standard InChI is InChI=1S/C15H23NOS/c1-11(16)12-6-8-14(9-7-12)18-15-5-3-4-13(10-15)17-2/h6-9,11,13,15H,3-5,10,16H2,1-2H3. The molecule has 0 radical (unpaired) electrons. The van der Waals surface area contributed by atoms with E-state index in [4.69, 9.17) is 10.5 Å². The predicted molar refractivity (Wildman–Crippen MR) is 78.0 cm³/mol. The van der Waals surface area contributed by atoms with E-state index in [1.165, 1.54) is 36.1 Å². The molecular weight excluding hydrogens is 242 g/mol. The van der Waals surface area contributed by atoms with Gasteiger partial charge >= 0.3 is 0 Å². The summed E-state index contributed by atoms with van der Waals surface area (Å²) in [5.41, 5.74) is 7.07. The monoisotopic (exact) mass is 265 g/mol. The largest absolute Gasteiger partial charge is 0.381 e. The van der Waals surface area contributed by atoms with Gasteiger partial charge in [0, 0.05) is 23.3 Å². The van der Waals surface area contributed by atoms with Gasteiger partial charge in [0.2, 0.25) is 0 Å². The lowest BCUT2D eigenvalue weighted by molar-refractivity contribution is 0.0730. The lowest BCUT2D eigenvalue weighted by Gasteiger charge is -2.27. The van der Waals surface area contributed by atoms with Gasteiger partial charge in [-0.1, -0.05) is 12.1 Å². The van der Waals surface area contributed by atoms with Crippen LogP contribution in [0.25, 0.3) is 0 Å². The first-order valence-corrected chi connectivity index (χ1v) is 7.62. The molecule has 100 valence electrons. The molecule has 0 heterocycles. The molecule has 18 heavy (non-hydrogen) atoms. The SMILES string of the molecule is COC1CCCC(Sc2ccc(C(C)N)cc2)C1. The molecule has 1 aromatic rings. The van der Waals surface area contributed by atoms with Crippen LogP contribution in [0.4, 0.5) is 0 Å². The van der Waals surface area contributed by atoms with E-state index in [0.29, 0.717) is 11.4 Å². The van der Waals surface area contributed by atoms with Crippen LogP contribution >= 0.6 is 11.8 Å². The second-order valence-corrected chi connectivity index (χ2v) is 6.50. The fourth-order valence-electron chi connectivity index (χ4n) is 2.47. The fraction of sp³-hybridized carbons (Fsp3) is 0.600. The molecule has 1 saturated carbocycles. The zero-order chi connectivity index (χ0) is 13.0. The molecule has 1 aromatic carbocycles. The van der Waals surface area contributed by atoms with Crippen LogP contribution < -0.4 is 5.73 Å². The maximum atomic E-state index is 5.86. The Bertz CT molecular complexity index is 363. The van der Waals surface area contributed by atoms with Crippen molar-refractivity contribution in [1.29, 1.82) is 0 Å². The number of benzene rings is 1. The molecule has 0 spiro atoms. The third-order valence-corrected chi connectivity index (χ3v) is 4.93. The topological polar surface area (TPSA) is 35.2 Å². The second kappa shape index (κ2) is 6.60. The molecule has 0 saturated heterocycles. The van der Waals surface area contributed by atoms with Crippen molar-refractivity contribution in [1.82, 2.24) is 0 Å². The van der Waals surface area contributed by atoms with Crippen LogP contribution in [0.2, 0.25) is 0 Å². The number of hydrogen-bond donors (Lipinski definition) is 1. The molecule has 2 N–H and O–H groups in total. The van der Waals surface area contributed by atoms with Crippen molar-refractivity contribution in [2.45, 2.75) is 54.9 Å². The van der Waals surface area contributed by atoms with Gasteiger partial charge in [-0.05, 0) is 50.3 Å². The van der Waals surface area contributed by atoms with E-state index in [0.717, 1.165) is 0 Å².